The van der Waals surface area contributed by atoms with Gasteiger partial charge in [-0.05, 0) is 68.7 Å². The largest absolute Gasteiger partial charge is 0.416 e. The smallest absolute Gasteiger partial charge is 0.381 e. The van der Waals surface area contributed by atoms with E-state index in [2.05, 4.69) is 5.32 Å². The zero-order valence-electron chi connectivity index (χ0n) is 24.5. The molecule has 2 unspecified atom stereocenters. The van der Waals surface area contributed by atoms with Crippen LogP contribution in [-0.4, -0.2) is 85.1 Å². The minimum atomic E-state index is -4.42. The monoisotopic (exact) mass is 605 g/mol. The van der Waals surface area contributed by atoms with Crippen LogP contribution in [0, 0.1) is 6.92 Å². The highest BCUT2D eigenvalue weighted by molar-refractivity contribution is 5.95. The first-order valence-electron chi connectivity index (χ1n) is 15.3. The lowest BCUT2D eigenvalue weighted by Gasteiger charge is -2.37. The summed E-state index contributed by atoms with van der Waals surface area (Å²) in [5.41, 5.74) is 1.84. The van der Waals surface area contributed by atoms with Gasteiger partial charge in [0.05, 0.1) is 12.2 Å². The van der Waals surface area contributed by atoms with Crippen molar-refractivity contribution in [3.05, 3.63) is 52.0 Å². The van der Waals surface area contributed by atoms with Crippen molar-refractivity contribution in [2.24, 2.45) is 0 Å². The Morgan fingerprint density at radius 1 is 0.977 bits per heavy atom. The second kappa shape index (κ2) is 12.6. The molecule has 0 saturated carbocycles. The lowest BCUT2D eigenvalue weighted by Crippen LogP contribution is -2.52. The zero-order chi connectivity index (χ0) is 30.1. The average molecular weight is 606 g/mol. The van der Waals surface area contributed by atoms with Crippen LogP contribution >= 0.6 is 0 Å². The fourth-order valence-electron chi connectivity index (χ4n) is 6.68. The van der Waals surface area contributed by atoms with Crippen LogP contribution in [0.1, 0.15) is 76.6 Å². The summed E-state index contributed by atoms with van der Waals surface area (Å²) < 4.78 is 65.4. The minimum Gasteiger partial charge on any atom is -0.381 e. The maximum Gasteiger partial charge on any atom is 0.416 e. The first-order chi connectivity index (χ1) is 20.7. The number of anilines is 1. The van der Waals surface area contributed by atoms with Crippen molar-refractivity contribution >= 4 is 11.7 Å². The fourth-order valence-corrected chi connectivity index (χ4v) is 6.68. The Hall–Kier alpha value is -2.83. The number of benzene rings is 1. The molecule has 43 heavy (non-hydrogen) atoms. The molecule has 6 rings (SSSR count). The highest BCUT2D eigenvalue weighted by Crippen LogP contribution is 2.35. The SMILES string of the molecule is Cc1c(C(=O)N2CCC(NC3CCOCC3F)CC2)nc(C2CCOCC2)nc1N1CCc2ccc(C(F)(F)F)cc2C1. The topological polar surface area (TPSA) is 79.8 Å². The molecule has 0 spiro atoms. The third-order valence-corrected chi connectivity index (χ3v) is 9.29. The second-order valence-corrected chi connectivity index (χ2v) is 12.1. The van der Waals surface area contributed by atoms with Crippen molar-refractivity contribution in [2.75, 3.05) is 51.0 Å². The number of halogens is 4. The molecule has 8 nitrogen and oxygen atoms in total. The Labute approximate surface area is 249 Å². The molecule has 2 aromatic rings. The lowest BCUT2D eigenvalue weighted by atomic mass is 9.96. The number of hydrogen-bond donors (Lipinski definition) is 1. The number of carbonyl (C=O) groups is 1. The molecule has 1 N–H and O–H groups in total. The van der Waals surface area contributed by atoms with Gasteiger partial charge in [-0.15, -0.1) is 0 Å². The first kappa shape index (κ1) is 30.2. The normalized spacial score (nSPS) is 24.2. The van der Waals surface area contributed by atoms with Crippen LogP contribution in [0.15, 0.2) is 18.2 Å². The molecule has 1 aromatic heterocycles. The Balaban J connectivity index is 1.23. The number of rotatable bonds is 5. The van der Waals surface area contributed by atoms with Gasteiger partial charge in [0.25, 0.3) is 5.91 Å². The van der Waals surface area contributed by atoms with E-state index in [1.165, 1.54) is 6.07 Å². The number of likely N-dealkylation sites (tertiary alicyclic amines) is 1. The number of alkyl halides is 4. The molecule has 5 heterocycles. The van der Waals surface area contributed by atoms with Crippen LogP contribution in [0.5, 0.6) is 0 Å². The van der Waals surface area contributed by atoms with Gasteiger partial charge in [-0.25, -0.2) is 14.4 Å². The number of nitrogens with one attached hydrogen (secondary N) is 1. The van der Waals surface area contributed by atoms with Crippen LogP contribution < -0.4 is 10.2 Å². The van der Waals surface area contributed by atoms with Gasteiger partial charge in [0.1, 0.15) is 23.5 Å². The Morgan fingerprint density at radius 2 is 1.72 bits per heavy atom. The van der Waals surface area contributed by atoms with Crippen molar-refractivity contribution in [3.63, 3.8) is 0 Å². The molecule has 3 fully saturated rings. The van der Waals surface area contributed by atoms with Crippen LogP contribution in [0.25, 0.3) is 0 Å². The molecule has 1 amide bonds. The van der Waals surface area contributed by atoms with Crippen molar-refractivity contribution in [1.29, 1.82) is 0 Å². The summed E-state index contributed by atoms with van der Waals surface area (Å²) in [5, 5.41) is 3.44. The Morgan fingerprint density at radius 3 is 2.44 bits per heavy atom. The number of nitrogens with zero attached hydrogens (tertiary/aromatic N) is 4. The molecule has 0 bridgehead atoms. The van der Waals surface area contributed by atoms with Gasteiger partial charge in [0.2, 0.25) is 0 Å². The van der Waals surface area contributed by atoms with E-state index in [1.807, 2.05) is 16.7 Å². The van der Waals surface area contributed by atoms with Crippen LogP contribution in [0.4, 0.5) is 23.4 Å². The van der Waals surface area contributed by atoms with Crippen molar-refractivity contribution in [1.82, 2.24) is 20.2 Å². The van der Waals surface area contributed by atoms with E-state index in [0.29, 0.717) is 93.6 Å². The maximum atomic E-state index is 14.3. The summed E-state index contributed by atoms with van der Waals surface area (Å²) in [4.78, 5) is 27.5. The minimum absolute atomic E-state index is 0.0385. The van der Waals surface area contributed by atoms with Gasteiger partial charge in [0.15, 0.2) is 0 Å². The summed E-state index contributed by atoms with van der Waals surface area (Å²) in [6.45, 7) is 5.58. The molecule has 0 radical (unpaired) electrons. The third kappa shape index (κ3) is 6.66. The number of ether oxygens (including phenoxy) is 2. The predicted molar refractivity (Wildman–Crippen MR) is 152 cm³/mol. The molecule has 234 valence electrons. The predicted octanol–water partition coefficient (Wildman–Crippen LogP) is 4.58. The van der Waals surface area contributed by atoms with Crippen LogP contribution in [0.3, 0.4) is 0 Å². The van der Waals surface area contributed by atoms with E-state index in [9.17, 15) is 22.4 Å². The van der Waals surface area contributed by atoms with E-state index >= 15 is 0 Å². The fraction of sp³-hybridized carbons (Fsp3) is 0.645. The number of aromatic nitrogens is 2. The Kier molecular flexibility index (Phi) is 8.89. The van der Waals surface area contributed by atoms with E-state index in [-0.39, 0.29) is 37.1 Å². The van der Waals surface area contributed by atoms with Gasteiger partial charge in [-0.2, -0.15) is 13.2 Å². The highest BCUT2D eigenvalue weighted by Gasteiger charge is 2.34. The molecule has 4 aliphatic rings. The number of carbonyl (C=O) groups excluding carboxylic acids is 1. The maximum absolute atomic E-state index is 14.3. The summed E-state index contributed by atoms with van der Waals surface area (Å²) in [6, 6.07) is 3.84. The van der Waals surface area contributed by atoms with Gasteiger partial charge < -0.3 is 24.6 Å². The highest BCUT2D eigenvalue weighted by atomic mass is 19.4. The second-order valence-electron chi connectivity index (χ2n) is 12.1. The molecule has 1 aromatic carbocycles. The molecule has 4 aliphatic heterocycles. The molecule has 12 heteroatoms. The average Bonchev–Trinajstić information content (AvgIpc) is 3.02. The number of amides is 1. The molecule has 0 aliphatic carbocycles. The molecular formula is C31H39F4N5O3. The van der Waals surface area contributed by atoms with E-state index in [4.69, 9.17) is 19.4 Å². The zero-order valence-corrected chi connectivity index (χ0v) is 24.5. The molecule has 3 saturated heterocycles. The summed E-state index contributed by atoms with van der Waals surface area (Å²) in [7, 11) is 0. The van der Waals surface area contributed by atoms with Crippen LogP contribution in [-0.2, 0) is 28.6 Å². The van der Waals surface area contributed by atoms with E-state index < -0.39 is 17.9 Å². The quantitative estimate of drug-likeness (QED) is 0.500. The van der Waals surface area contributed by atoms with Crippen molar-refractivity contribution in [2.45, 2.75) is 82.3 Å². The third-order valence-electron chi connectivity index (χ3n) is 9.29. The van der Waals surface area contributed by atoms with E-state index in [0.717, 1.165) is 24.5 Å². The summed E-state index contributed by atoms with van der Waals surface area (Å²) in [6.07, 6.45) is -1.31. The number of fused-ring (bicyclic) bond motifs is 1. The Bertz CT molecular complexity index is 1310. The van der Waals surface area contributed by atoms with Crippen molar-refractivity contribution in [3.8, 4) is 0 Å². The first-order valence-corrected chi connectivity index (χ1v) is 15.3. The van der Waals surface area contributed by atoms with Gasteiger partial charge in [-0.3, -0.25) is 4.79 Å². The standard InChI is InChI=1S/C31H39F4N5O3/c1-19-27(30(41)39-11-5-24(6-12-39)36-26-9-15-43-18-25(26)32)37-28(21-7-13-42-14-8-21)38-29(19)40-10-4-20-2-3-23(31(33,34)35)16-22(20)17-40/h2-3,16,21,24-26,36H,4-15,17-18H2,1H3. The van der Waals surface area contributed by atoms with Crippen LogP contribution in [0.2, 0.25) is 0 Å². The van der Waals surface area contributed by atoms with E-state index in [1.54, 1.807) is 6.07 Å². The molecular weight excluding hydrogens is 566 g/mol. The number of hydrogen-bond acceptors (Lipinski definition) is 7. The van der Waals surface area contributed by atoms with Gasteiger partial charge in [0, 0.05) is 69.6 Å². The van der Waals surface area contributed by atoms with Crippen molar-refractivity contribution < 1.29 is 31.8 Å². The lowest BCUT2D eigenvalue weighted by molar-refractivity contribution is -0.137. The summed E-state index contributed by atoms with van der Waals surface area (Å²) >= 11 is 0. The van der Waals surface area contributed by atoms with Gasteiger partial charge in [-0.1, -0.05) is 6.07 Å². The van der Waals surface area contributed by atoms with Gasteiger partial charge >= 0.3 is 6.18 Å². The summed E-state index contributed by atoms with van der Waals surface area (Å²) in [5.74, 6) is 1.07. The number of piperidine rings is 1. The molecule has 2 atom stereocenters.